The number of nitrogens with one attached hydrogen (secondary N) is 2. The molecule has 6 heteroatoms. The van der Waals surface area contributed by atoms with Crippen LogP contribution in [-0.4, -0.2) is 22.0 Å². The van der Waals surface area contributed by atoms with Crippen molar-refractivity contribution >= 4 is 11.6 Å². The third kappa shape index (κ3) is 3.82. The largest absolute Gasteiger partial charge is 0.352 e. The van der Waals surface area contributed by atoms with Crippen LogP contribution < -0.4 is 16.6 Å². The number of hydrogen-bond donors (Lipinski definition) is 3. The third-order valence-corrected chi connectivity index (χ3v) is 2.75. The normalized spacial score (nSPS) is 10.2. The zero-order valence-corrected chi connectivity index (χ0v) is 10.5. The minimum absolute atomic E-state index is 0.0748. The van der Waals surface area contributed by atoms with E-state index < -0.39 is 0 Å². The van der Waals surface area contributed by atoms with E-state index in [0.717, 1.165) is 18.7 Å². The van der Waals surface area contributed by atoms with Crippen LogP contribution in [0.2, 0.25) is 0 Å². The second-order valence-corrected chi connectivity index (χ2v) is 4.13. The van der Waals surface area contributed by atoms with E-state index in [-0.39, 0.29) is 5.91 Å². The third-order valence-electron chi connectivity index (χ3n) is 2.75. The van der Waals surface area contributed by atoms with Crippen molar-refractivity contribution in [2.75, 3.05) is 12.0 Å². The summed E-state index contributed by atoms with van der Waals surface area (Å²) < 4.78 is 1.98. The molecule has 2 rings (SSSR count). The number of aryl methyl sites for hydroxylation is 1. The zero-order chi connectivity index (χ0) is 13.5. The fourth-order valence-electron chi connectivity index (χ4n) is 1.70. The van der Waals surface area contributed by atoms with Gasteiger partial charge in [0.1, 0.15) is 0 Å². The highest BCUT2D eigenvalue weighted by Crippen LogP contribution is 2.07. The van der Waals surface area contributed by atoms with Crippen molar-refractivity contribution in [1.82, 2.24) is 14.9 Å². The molecule has 0 aliphatic carbocycles. The number of nitrogen functional groups attached to an aromatic ring is 1. The number of anilines is 1. The summed E-state index contributed by atoms with van der Waals surface area (Å²) in [5, 5.41) is 2.87. The Hall–Kier alpha value is -2.34. The molecule has 0 saturated heterocycles. The molecule has 100 valence electrons. The molecule has 4 N–H and O–H groups in total. The molecule has 1 heterocycles. The van der Waals surface area contributed by atoms with Gasteiger partial charge in [0.05, 0.1) is 6.33 Å². The number of imidazole rings is 1. The molecule has 0 unspecified atom stereocenters. The summed E-state index contributed by atoms with van der Waals surface area (Å²) in [6, 6.07) is 7.00. The molecule has 1 aromatic carbocycles. The average Bonchev–Trinajstić information content (AvgIpc) is 2.96. The predicted octanol–water partition coefficient (Wildman–Crippen LogP) is 0.989. The van der Waals surface area contributed by atoms with Gasteiger partial charge in [-0.05, 0) is 30.7 Å². The first-order valence-electron chi connectivity index (χ1n) is 6.10. The molecule has 2 aromatic rings. The Morgan fingerprint density at radius 2 is 2.11 bits per heavy atom. The van der Waals surface area contributed by atoms with Crippen LogP contribution in [0, 0.1) is 0 Å². The number of hydrogen-bond acceptors (Lipinski definition) is 4. The van der Waals surface area contributed by atoms with Crippen molar-refractivity contribution in [2.45, 2.75) is 13.0 Å². The first-order valence-corrected chi connectivity index (χ1v) is 6.10. The lowest BCUT2D eigenvalue weighted by Gasteiger charge is -2.06. The van der Waals surface area contributed by atoms with E-state index in [0.29, 0.717) is 12.1 Å². The van der Waals surface area contributed by atoms with E-state index in [9.17, 15) is 4.79 Å². The second-order valence-electron chi connectivity index (χ2n) is 4.13. The summed E-state index contributed by atoms with van der Waals surface area (Å²) >= 11 is 0. The minimum atomic E-state index is -0.0748. The summed E-state index contributed by atoms with van der Waals surface area (Å²) in [7, 11) is 0. The van der Waals surface area contributed by atoms with Crippen molar-refractivity contribution in [3.63, 3.8) is 0 Å². The Morgan fingerprint density at radius 3 is 2.74 bits per heavy atom. The summed E-state index contributed by atoms with van der Waals surface area (Å²) in [4.78, 5) is 15.8. The molecule has 6 nitrogen and oxygen atoms in total. The Bertz CT molecular complexity index is 506. The molecule has 0 aliphatic rings. The molecule has 0 atom stereocenters. The fourth-order valence-corrected chi connectivity index (χ4v) is 1.70. The molecule has 0 radical (unpaired) electrons. The van der Waals surface area contributed by atoms with Crippen molar-refractivity contribution in [3.05, 3.63) is 48.5 Å². The minimum Gasteiger partial charge on any atom is -0.352 e. The predicted molar refractivity (Wildman–Crippen MR) is 73.4 cm³/mol. The Balaban J connectivity index is 1.74. The number of rotatable bonds is 6. The lowest BCUT2D eigenvalue weighted by atomic mass is 10.2. The van der Waals surface area contributed by atoms with Crippen molar-refractivity contribution in [2.24, 2.45) is 5.84 Å². The van der Waals surface area contributed by atoms with Crippen LogP contribution in [0.25, 0.3) is 0 Å². The monoisotopic (exact) mass is 259 g/mol. The van der Waals surface area contributed by atoms with Crippen LogP contribution in [0.4, 0.5) is 5.69 Å². The molecule has 1 amide bonds. The number of amides is 1. The Kier molecular flexibility index (Phi) is 4.52. The quantitative estimate of drug-likeness (QED) is 0.410. The van der Waals surface area contributed by atoms with Crippen LogP contribution in [0.15, 0.2) is 43.0 Å². The number of nitrogens with two attached hydrogens (primary N) is 1. The Morgan fingerprint density at radius 1 is 1.32 bits per heavy atom. The highest BCUT2D eigenvalue weighted by molar-refractivity contribution is 5.94. The maximum absolute atomic E-state index is 11.8. The van der Waals surface area contributed by atoms with E-state index in [1.807, 2.05) is 10.8 Å². The van der Waals surface area contributed by atoms with Gasteiger partial charge in [-0.3, -0.25) is 10.6 Å². The van der Waals surface area contributed by atoms with Gasteiger partial charge < -0.3 is 15.3 Å². The number of carbonyl (C=O) groups is 1. The number of benzene rings is 1. The van der Waals surface area contributed by atoms with Gasteiger partial charge in [0.15, 0.2) is 0 Å². The van der Waals surface area contributed by atoms with Gasteiger partial charge in [-0.1, -0.05) is 0 Å². The number of hydrazine groups is 1. The number of aromatic nitrogens is 2. The molecular formula is C13H17N5O. The van der Waals surface area contributed by atoms with Gasteiger partial charge in [0.2, 0.25) is 0 Å². The highest BCUT2D eigenvalue weighted by Gasteiger charge is 2.04. The van der Waals surface area contributed by atoms with Crippen LogP contribution in [-0.2, 0) is 6.54 Å². The first-order chi connectivity index (χ1) is 9.29. The van der Waals surface area contributed by atoms with Crippen molar-refractivity contribution in [3.8, 4) is 0 Å². The molecular weight excluding hydrogens is 242 g/mol. The first kappa shape index (κ1) is 13.1. The average molecular weight is 259 g/mol. The van der Waals surface area contributed by atoms with Crippen LogP contribution in [0.3, 0.4) is 0 Å². The lowest BCUT2D eigenvalue weighted by Crippen LogP contribution is -2.25. The lowest BCUT2D eigenvalue weighted by molar-refractivity contribution is 0.0953. The smallest absolute Gasteiger partial charge is 0.251 e. The van der Waals surface area contributed by atoms with Crippen LogP contribution >= 0.6 is 0 Å². The van der Waals surface area contributed by atoms with Crippen LogP contribution in [0.1, 0.15) is 16.8 Å². The maximum Gasteiger partial charge on any atom is 0.251 e. The van der Waals surface area contributed by atoms with Gasteiger partial charge in [-0.15, -0.1) is 0 Å². The van der Waals surface area contributed by atoms with Gasteiger partial charge in [0, 0.05) is 36.7 Å². The van der Waals surface area contributed by atoms with E-state index in [1.54, 1.807) is 36.8 Å². The number of nitrogens with zero attached hydrogens (tertiary/aromatic N) is 2. The summed E-state index contributed by atoms with van der Waals surface area (Å²) in [6.07, 6.45) is 6.27. The zero-order valence-electron chi connectivity index (χ0n) is 10.5. The van der Waals surface area contributed by atoms with Gasteiger partial charge in [-0.2, -0.15) is 0 Å². The highest BCUT2D eigenvalue weighted by atomic mass is 16.1. The maximum atomic E-state index is 11.8. The fraction of sp³-hybridized carbons (Fsp3) is 0.231. The van der Waals surface area contributed by atoms with Crippen LogP contribution in [0.5, 0.6) is 0 Å². The number of carbonyl (C=O) groups excluding carboxylic acids is 1. The molecule has 0 fully saturated rings. The van der Waals surface area contributed by atoms with Crippen molar-refractivity contribution in [1.29, 1.82) is 0 Å². The summed E-state index contributed by atoms with van der Waals surface area (Å²) in [5.74, 6) is 5.19. The Labute approximate surface area is 111 Å². The van der Waals surface area contributed by atoms with E-state index >= 15 is 0 Å². The molecule has 0 saturated carbocycles. The van der Waals surface area contributed by atoms with E-state index in [4.69, 9.17) is 5.84 Å². The molecule has 0 spiro atoms. The van der Waals surface area contributed by atoms with Gasteiger partial charge in [-0.25, -0.2) is 4.98 Å². The molecule has 0 bridgehead atoms. The topological polar surface area (TPSA) is 85.0 Å². The van der Waals surface area contributed by atoms with Gasteiger partial charge >= 0.3 is 0 Å². The van der Waals surface area contributed by atoms with Crippen molar-refractivity contribution < 1.29 is 4.79 Å². The summed E-state index contributed by atoms with van der Waals surface area (Å²) in [5.41, 5.74) is 3.92. The standard InChI is InChI=1S/C13H17N5O/c14-17-12-4-2-11(3-5-12)13(19)16-6-1-8-18-9-7-15-10-18/h2-5,7,9-10,17H,1,6,8,14H2,(H,16,19). The van der Waals surface area contributed by atoms with Gasteiger partial charge in [0.25, 0.3) is 5.91 Å². The SMILES string of the molecule is NNc1ccc(C(=O)NCCCn2ccnc2)cc1. The van der Waals surface area contributed by atoms with E-state index in [1.165, 1.54) is 0 Å². The molecule has 19 heavy (non-hydrogen) atoms. The molecule has 1 aromatic heterocycles. The molecule has 0 aliphatic heterocycles. The second kappa shape index (κ2) is 6.55. The summed E-state index contributed by atoms with van der Waals surface area (Å²) in [6.45, 7) is 1.48. The van der Waals surface area contributed by atoms with E-state index in [2.05, 4.69) is 15.7 Å².